The van der Waals surface area contributed by atoms with Crippen LogP contribution in [0.15, 0.2) is 45.8 Å². The van der Waals surface area contributed by atoms with Crippen LogP contribution in [0, 0.1) is 0 Å². The summed E-state index contributed by atoms with van der Waals surface area (Å²) < 4.78 is 12.1. The van der Waals surface area contributed by atoms with E-state index in [4.69, 9.17) is 21.1 Å². The van der Waals surface area contributed by atoms with Gasteiger partial charge in [-0.05, 0) is 36.4 Å². The van der Waals surface area contributed by atoms with E-state index >= 15 is 0 Å². The number of benzene rings is 2. The SMILES string of the molecule is O=C(CSc1ccc2c(c1)OCCCO2)Nc1ccc(Br)cc1Cl. The topological polar surface area (TPSA) is 47.6 Å². The normalized spacial score (nSPS) is 13.2. The van der Waals surface area contributed by atoms with Crippen LogP contribution in [-0.4, -0.2) is 24.9 Å². The van der Waals surface area contributed by atoms with Gasteiger partial charge in [0, 0.05) is 15.8 Å². The predicted molar refractivity (Wildman–Crippen MR) is 101 cm³/mol. The van der Waals surface area contributed by atoms with Crippen molar-refractivity contribution in [2.45, 2.75) is 11.3 Å². The number of carbonyl (C=O) groups excluding carboxylic acids is 1. The lowest BCUT2D eigenvalue weighted by atomic mass is 10.3. The molecule has 0 aliphatic carbocycles. The molecule has 126 valence electrons. The van der Waals surface area contributed by atoms with E-state index in [0.717, 1.165) is 27.3 Å². The molecule has 1 heterocycles. The van der Waals surface area contributed by atoms with Gasteiger partial charge in [-0.1, -0.05) is 27.5 Å². The Kier molecular flexibility index (Phi) is 5.92. The minimum absolute atomic E-state index is 0.115. The van der Waals surface area contributed by atoms with Crippen molar-refractivity contribution in [2.24, 2.45) is 0 Å². The first kappa shape index (κ1) is 17.5. The molecule has 0 saturated heterocycles. The van der Waals surface area contributed by atoms with Gasteiger partial charge < -0.3 is 14.8 Å². The highest BCUT2D eigenvalue weighted by atomic mass is 79.9. The van der Waals surface area contributed by atoms with E-state index in [-0.39, 0.29) is 11.7 Å². The van der Waals surface area contributed by atoms with Crippen molar-refractivity contribution in [3.05, 3.63) is 45.9 Å². The number of nitrogens with one attached hydrogen (secondary N) is 1. The zero-order chi connectivity index (χ0) is 16.9. The zero-order valence-corrected chi connectivity index (χ0v) is 15.8. The van der Waals surface area contributed by atoms with E-state index < -0.39 is 0 Å². The molecule has 1 aliphatic heterocycles. The summed E-state index contributed by atoms with van der Waals surface area (Å²) in [7, 11) is 0. The molecule has 4 nitrogen and oxygen atoms in total. The second kappa shape index (κ2) is 8.14. The number of hydrogen-bond donors (Lipinski definition) is 1. The number of hydrogen-bond acceptors (Lipinski definition) is 4. The van der Waals surface area contributed by atoms with Crippen molar-refractivity contribution in [1.82, 2.24) is 0 Å². The molecule has 1 aliphatic rings. The van der Waals surface area contributed by atoms with Gasteiger partial charge in [0.05, 0.1) is 29.7 Å². The Bertz CT molecular complexity index is 757. The third-order valence-corrected chi connectivity index (χ3v) is 5.09. The smallest absolute Gasteiger partial charge is 0.234 e. The van der Waals surface area contributed by atoms with Crippen molar-refractivity contribution >= 4 is 50.9 Å². The second-order valence-corrected chi connectivity index (χ2v) is 7.49. The fourth-order valence-corrected chi connectivity index (χ4v) is 3.60. The molecule has 0 spiro atoms. The van der Waals surface area contributed by atoms with Crippen LogP contribution in [0.25, 0.3) is 0 Å². The fraction of sp³-hybridized carbons (Fsp3) is 0.235. The molecule has 0 fully saturated rings. The molecular weight excluding hydrogens is 414 g/mol. The summed E-state index contributed by atoms with van der Waals surface area (Å²) in [5, 5.41) is 3.31. The molecule has 0 saturated carbocycles. The predicted octanol–water partition coefficient (Wildman–Crippen LogP) is 4.99. The summed E-state index contributed by atoms with van der Waals surface area (Å²) in [6.07, 6.45) is 0.869. The van der Waals surface area contributed by atoms with Crippen molar-refractivity contribution in [3.63, 3.8) is 0 Å². The summed E-state index contributed by atoms with van der Waals surface area (Å²) in [5.74, 6) is 1.65. The first-order chi connectivity index (χ1) is 11.6. The van der Waals surface area contributed by atoms with Crippen molar-refractivity contribution in [3.8, 4) is 11.5 Å². The molecule has 1 amide bonds. The highest BCUT2D eigenvalue weighted by molar-refractivity contribution is 9.10. The molecule has 0 unspecified atom stereocenters. The largest absolute Gasteiger partial charge is 0.490 e. The van der Waals surface area contributed by atoms with Crippen LogP contribution in [-0.2, 0) is 4.79 Å². The van der Waals surface area contributed by atoms with Gasteiger partial charge in [-0.25, -0.2) is 0 Å². The van der Waals surface area contributed by atoms with Gasteiger partial charge in [0.2, 0.25) is 5.91 Å². The summed E-state index contributed by atoms with van der Waals surface area (Å²) in [4.78, 5) is 13.1. The minimum atomic E-state index is -0.115. The number of thioether (sulfide) groups is 1. The quantitative estimate of drug-likeness (QED) is 0.697. The standard InChI is InChI=1S/C17H15BrClNO3S/c18-11-2-4-14(13(19)8-11)20-17(21)10-24-12-3-5-15-16(9-12)23-7-1-6-22-15/h2-5,8-9H,1,6-7,10H2,(H,20,21). The first-order valence-electron chi connectivity index (χ1n) is 7.39. The maximum atomic E-state index is 12.1. The molecule has 0 bridgehead atoms. The molecule has 2 aromatic carbocycles. The summed E-state index contributed by atoms with van der Waals surface area (Å²) in [5.41, 5.74) is 0.601. The Morgan fingerprint density at radius 2 is 1.96 bits per heavy atom. The number of halogens is 2. The van der Waals surface area contributed by atoms with Crippen molar-refractivity contribution in [2.75, 3.05) is 24.3 Å². The minimum Gasteiger partial charge on any atom is -0.490 e. The van der Waals surface area contributed by atoms with Gasteiger partial charge in [-0.2, -0.15) is 0 Å². The third kappa shape index (κ3) is 4.59. The number of carbonyl (C=O) groups is 1. The van der Waals surface area contributed by atoms with Gasteiger partial charge in [-0.3, -0.25) is 4.79 Å². The summed E-state index contributed by atoms with van der Waals surface area (Å²) in [6.45, 7) is 1.31. The molecule has 3 rings (SSSR count). The number of anilines is 1. The average molecular weight is 429 g/mol. The molecule has 0 atom stereocenters. The molecule has 0 aromatic heterocycles. The number of ether oxygens (including phenoxy) is 2. The van der Waals surface area contributed by atoms with Gasteiger partial charge in [-0.15, -0.1) is 11.8 Å². The average Bonchev–Trinajstić information content (AvgIpc) is 2.80. The Morgan fingerprint density at radius 3 is 2.75 bits per heavy atom. The maximum Gasteiger partial charge on any atom is 0.234 e. The lowest BCUT2D eigenvalue weighted by molar-refractivity contribution is -0.113. The monoisotopic (exact) mass is 427 g/mol. The van der Waals surface area contributed by atoms with Gasteiger partial charge in [0.25, 0.3) is 0 Å². The van der Waals surface area contributed by atoms with Crippen LogP contribution in [0.3, 0.4) is 0 Å². The number of amides is 1. The van der Waals surface area contributed by atoms with E-state index in [9.17, 15) is 4.79 Å². The first-order valence-corrected chi connectivity index (χ1v) is 9.55. The molecule has 1 N–H and O–H groups in total. The molecule has 7 heteroatoms. The summed E-state index contributed by atoms with van der Waals surface area (Å²) >= 11 is 10.9. The Hall–Kier alpha value is -1.37. The van der Waals surface area contributed by atoms with Crippen LogP contribution in [0.2, 0.25) is 5.02 Å². The number of fused-ring (bicyclic) bond motifs is 1. The highest BCUT2D eigenvalue weighted by Crippen LogP contribution is 2.34. The lowest BCUT2D eigenvalue weighted by Gasteiger charge is -2.10. The van der Waals surface area contributed by atoms with Crippen LogP contribution in [0.4, 0.5) is 5.69 Å². The Balaban J connectivity index is 1.59. The third-order valence-electron chi connectivity index (χ3n) is 3.29. The van der Waals surface area contributed by atoms with Crippen LogP contribution >= 0.6 is 39.3 Å². The van der Waals surface area contributed by atoms with Crippen LogP contribution < -0.4 is 14.8 Å². The van der Waals surface area contributed by atoms with E-state index in [1.807, 2.05) is 24.3 Å². The van der Waals surface area contributed by atoms with E-state index in [1.54, 1.807) is 12.1 Å². The van der Waals surface area contributed by atoms with E-state index in [0.29, 0.717) is 23.9 Å². The molecule has 2 aromatic rings. The van der Waals surface area contributed by atoms with Crippen LogP contribution in [0.5, 0.6) is 11.5 Å². The van der Waals surface area contributed by atoms with E-state index in [1.165, 1.54) is 11.8 Å². The maximum absolute atomic E-state index is 12.1. The van der Waals surface area contributed by atoms with Crippen molar-refractivity contribution < 1.29 is 14.3 Å². The second-order valence-electron chi connectivity index (χ2n) is 5.12. The molecule has 0 radical (unpaired) electrons. The van der Waals surface area contributed by atoms with Gasteiger partial charge in [0.15, 0.2) is 11.5 Å². The number of rotatable bonds is 4. The van der Waals surface area contributed by atoms with Crippen LogP contribution in [0.1, 0.15) is 6.42 Å². The Morgan fingerprint density at radius 1 is 1.17 bits per heavy atom. The highest BCUT2D eigenvalue weighted by Gasteiger charge is 2.12. The van der Waals surface area contributed by atoms with E-state index in [2.05, 4.69) is 21.2 Å². The molecule has 24 heavy (non-hydrogen) atoms. The summed E-state index contributed by atoms with van der Waals surface area (Å²) in [6, 6.07) is 11.1. The van der Waals surface area contributed by atoms with Gasteiger partial charge in [0.1, 0.15) is 0 Å². The van der Waals surface area contributed by atoms with Crippen molar-refractivity contribution in [1.29, 1.82) is 0 Å². The fourth-order valence-electron chi connectivity index (χ4n) is 2.16. The molecular formula is C17H15BrClNO3S. The lowest BCUT2D eigenvalue weighted by Crippen LogP contribution is -2.14. The Labute approximate surface area is 158 Å². The van der Waals surface area contributed by atoms with Gasteiger partial charge >= 0.3 is 0 Å². The zero-order valence-electron chi connectivity index (χ0n) is 12.7.